The highest BCUT2D eigenvalue weighted by atomic mass is 79.9. The molecule has 0 bridgehead atoms. The van der Waals surface area contributed by atoms with Gasteiger partial charge in [-0.05, 0) is 36.4 Å². The van der Waals surface area contributed by atoms with Crippen LogP contribution in [0.3, 0.4) is 0 Å². The molecule has 0 saturated carbocycles. The normalized spacial score (nSPS) is 10.3. The molecular weight excluding hydrogens is 372 g/mol. The lowest BCUT2D eigenvalue weighted by molar-refractivity contribution is -0.114. The van der Waals surface area contributed by atoms with Crippen molar-refractivity contribution in [2.24, 2.45) is 0 Å². The number of amides is 1. The van der Waals surface area contributed by atoms with E-state index >= 15 is 0 Å². The summed E-state index contributed by atoms with van der Waals surface area (Å²) in [4.78, 5) is 22.9. The average Bonchev–Trinajstić information content (AvgIpc) is 2.45. The van der Waals surface area contributed by atoms with Crippen molar-refractivity contribution in [3.8, 4) is 5.75 Å². The lowest BCUT2D eigenvalue weighted by Crippen LogP contribution is -2.14. The van der Waals surface area contributed by atoms with E-state index in [4.69, 9.17) is 4.74 Å². The van der Waals surface area contributed by atoms with Gasteiger partial charge >= 0.3 is 0 Å². The first-order chi connectivity index (χ1) is 10.9. The van der Waals surface area contributed by atoms with Gasteiger partial charge < -0.3 is 10.1 Å². The highest BCUT2D eigenvalue weighted by Crippen LogP contribution is 2.22. The van der Waals surface area contributed by atoms with Crippen LogP contribution in [0.2, 0.25) is 0 Å². The SMILES string of the molecule is CC(=O)Nc1ccc(C(=O)COc2ccc(Br)cc2F)c(F)c1. The Morgan fingerprint density at radius 2 is 1.87 bits per heavy atom. The molecule has 0 aliphatic carbocycles. The zero-order valence-electron chi connectivity index (χ0n) is 12.0. The van der Waals surface area contributed by atoms with E-state index in [0.717, 1.165) is 6.07 Å². The summed E-state index contributed by atoms with van der Waals surface area (Å²) in [6.45, 7) is 0.784. The van der Waals surface area contributed by atoms with Gasteiger partial charge in [-0.15, -0.1) is 0 Å². The number of hydrogen-bond donors (Lipinski definition) is 1. The third-order valence-corrected chi connectivity index (χ3v) is 3.34. The molecule has 0 radical (unpaired) electrons. The van der Waals surface area contributed by atoms with Crippen molar-refractivity contribution in [2.45, 2.75) is 6.92 Å². The second-order valence-corrected chi connectivity index (χ2v) is 5.58. The molecule has 0 unspecified atom stereocenters. The number of ketones is 1. The van der Waals surface area contributed by atoms with Gasteiger partial charge in [-0.2, -0.15) is 0 Å². The molecule has 1 amide bonds. The molecule has 23 heavy (non-hydrogen) atoms. The number of carbonyl (C=O) groups is 2. The van der Waals surface area contributed by atoms with Gasteiger partial charge in [-0.1, -0.05) is 15.9 Å². The number of hydrogen-bond acceptors (Lipinski definition) is 3. The maximum Gasteiger partial charge on any atom is 0.221 e. The summed E-state index contributed by atoms with van der Waals surface area (Å²) in [5.41, 5.74) is 0.0445. The Labute approximate surface area is 139 Å². The predicted octanol–water partition coefficient (Wildman–Crippen LogP) is 3.95. The molecule has 0 spiro atoms. The van der Waals surface area contributed by atoms with Crippen molar-refractivity contribution in [2.75, 3.05) is 11.9 Å². The number of carbonyl (C=O) groups excluding carboxylic acids is 2. The third kappa shape index (κ3) is 4.59. The highest BCUT2D eigenvalue weighted by molar-refractivity contribution is 9.10. The molecule has 2 aromatic carbocycles. The maximum absolute atomic E-state index is 13.9. The van der Waals surface area contributed by atoms with Crippen LogP contribution in [0.15, 0.2) is 40.9 Å². The molecule has 0 saturated heterocycles. The third-order valence-electron chi connectivity index (χ3n) is 2.84. The van der Waals surface area contributed by atoms with Crippen LogP contribution in [0.25, 0.3) is 0 Å². The Hall–Kier alpha value is -2.28. The van der Waals surface area contributed by atoms with E-state index in [1.54, 1.807) is 6.07 Å². The first kappa shape index (κ1) is 17.1. The summed E-state index contributed by atoms with van der Waals surface area (Å²) in [5.74, 6) is -2.51. The second-order valence-electron chi connectivity index (χ2n) is 4.66. The molecule has 0 aliphatic heterocycles. The number of anilines is 1. The van der Waals surface area contributed by atoms with Crippen molar-refractivity contribution in [3.05, 3.63) is 58.1 Å². The van der Waals surface area contributed by atoms with Crippen LogP contribution >= 0.6 is 15.9 Å². The predicted molar refractivity (Wildman–Crippen MR) is 84.6 cm³/mol. The van der Waals surface area contributed by atoms with Crippen molar-refractivity contribution in [3.63, 3.8) is 0 Å². The van der Waals surface area contributed by atoms with E-state index in [0.29, 0.717) is 4.47 Å². The Morgan fingerprint density at radius 3 is 2.48 bits per heavy atom. The molecule has 1 N–H and O–H groups in total. The van der Waals surface area contributed by atoms with E-state index in [-0.39, 0.29) is 22.9 Å². The standard InChI is InChI=1S/C16H12BrF2NO3/c1-9(21)20-11-3-4-12(13(18)7-11)15(22)8-23-16-5-2-10(17)6-14(16)19/h2-7H,8H2,1H3,(H,20,21). The molecule has 0 aliphatic rings. The minimum atomic E-state index is -0.791. The molecule has 0 aromatic heterocycles. The lowest BCUT2D eigenvalue weighted by Gasteiger charge is -2.08. The summed E-state index contributed by atoms with van der Waals surface area (Å²) in [6.07, 6.45) is 0. The van der Waals surface area contributed by atoms with Crippen molar-refractivity contribution >= 4 is 33.3 Å². The molecule has 2 rings (SSSR count). The maximum atomic E-state index is 13.9. The topological polar surface area (TPSA) is 55.4 Å². The van der Waals surface area contributed by atoms with E-state index in [1.807, 2.05) is 0 Å². The van der Waals surface area contributed by atoms with Gasteiger partial charge in [0.25, 0.3) is 0 Å². The van der Waals surface area contributed by atoms with Crippen molar-refractivity contribution < 1.29 is 23.1 Å². The Bertz CT molecular complexity index is 765. The fourth-order valence-electron chi connectivity index (χ4n) is 1.84. The number of nitrogens with one attached hydrogen (secondary N) is 1. The summed E-state index contributed by atoms with van der Waals surface area (Å²) in [5, 5.41) is 2.41. The first-order valence-corrected chi connectivity index (χ1v) is 7.34. The van der Waals surface area contributed by atoms with Crippen LogP contribution in [0.5, 0.6) is 5.75 Å². The second kappa shape index (κ2) is 7.32. The number of benzene rings is 2. The molecule has 2 aromatic rings. The minimum Gasteiger partial charge on any atom is -0.482 e. The molecule has 0 heterocycles. The van der Waals surface area contributed by atoms with Crippen LogP contribution in [-0.4, -0.2) is 18.3 Å². The summed E-state index contributed by atoms with van der Waals surface area (Å²) >= 11 is 3.10. The monoisotopic (exact) mass is 383 g/mol. The Morgan fingerprint density at radius 1 is 1.13 bits per heavy atom. The van der Waals surface area contributed by atoms with Crippen LogP contribution in [-0.2, 0) is 4.79 Å². The lowest BCUT2D eigenvalue weighted by atomic mass is 10.1. The van der Waals surface area contributed by atoms with Gasteiger partial charge in [-0.3, -0.25) is 9.59 Å². The molecular formula is C16H12BrF2NO3. The molecule has 0 atom stereocenters. The van der Waals surface area contributed by atoms with Crippen LogP contribution < -0.4 is 10.1 Å². The Kier molecular flexibility index (Phi) is 5.44. The Balaban J connectivity index is 2.07. The first-order valence-electron chi connectivity index (χ1n) is 6.55. The van der Waals surface area contributed by atoms with E-state index < -0.39 is 24.0 Å². The summed E-state index contributed by atoms with van der Waals surface area (Å²) in [6, 6.07) is 7.80. The highest BCUT2D eigenvalue weighted by Gasteiger charge is 2.14. The zero-order valence-corrected chi connectivity index (χ0v) is 13.6. The van der Waals surface area contributed by atoms with Gasteiger partial charge in [0.1, 0.15) is 5.82 Å². The largest absolute Gasteiger partial charge is 0.482 e. The summed E-state index contributed by atoms with van der Waals surface area (Å²) < 4.78 is 33.1. The van der Waals surface area contributed by atoms with Gasteiger partial charge in [0.05, 0.1) is 5.56 Å². The minimum absolute atomic E-state index is 0.100. The number of Topliss-reactive ketones (excluding diaryl/α,β-unsaturated/α-hetero) is 1. The average molecular weight is 384 g/mol. The molecule has 0 fully saturated rings. The number of ether oxygens (including phenoxy) is 1. The van der Waals surface area contributed by atoms with Gasteiger partial charge in [0, 0.05) is 17.1 Å². The molecule has 120 valence electrons. The van der Waals surface area contributed by atoms with E-state index in [9.17, 15) is 18.4 Å². The zero-order chi connectivity index (χ0) is 17.0. The van der Waals surface area contributed by atoms with E-state index in [2.05, 4.69) is 21.2 Å². The number of rotatable bonds is 5. The smallest absolute Gasteiger partial charge is 0.221 e. The molecule has 7 heteroatoms. The van der Waals surface area contributed by atoms with Gasteiger partial charge in [0.15, 0.2) is 18.2 Å². The van der Waals surface area contributed by atoms with Gasteiger partial charge in [-0.25, -0.2) is 8.78 Å². The van der Waals surface area contributed by atoms with Crippen LogP contribution in [0.4, 0.5) is 14.5 Å². The van der Waals surface area contributed by atoms with Crippen molar-refractivity contribution in [1.82, 2.24) is 0 Å². The fraction of sp³-hybridized carbons (Fsp3) is 0.125. The van der Waals surface area contributed by atoms with E-state index in [1.165, 1.54) is 31.2 Å². The van der Waals surface area contributed by atoms with Crippen LogP contribution in [0.1, 0.15) is 17.3 Å². The van der Waals surface area contributed by atoms with Crippen LogP contribution in [0, 0.1) is 11.6 Å². The quantitative estimate of drug-likeness (QED) is 0.795. The summed E-state index contributed by atoms with van der Waals surface area (Å²) in [7, 11) is 0. The number of halogens is 3. The van der Waals surface area contributed by atoms with Gasteiger partial charge in [0.2, 0.25) is 11.7 Å². The fourth-order valence-corrected chi connectivity index (χ4v) is 2.17. The molecule has 4 nitrogen and oxygen atoms in total. The van der Waals surface area contributed by atoms with Crippen molar-refractivity contribution in [1.29, 1.82) is 0 Å².